The van der Waals surface area contributed by atoms with Crippen molar-refractivity contribution in [3.63, 3.8) is 0 Å². The molecule has 0 aliphatic carbocycles. The third-order valence-electron chi connectivity index (χ3n) is 3.57. The lowest BCUT2D eigenvalue weighted by Gasteiger charge is -2.30. The number of amides is 2. The summed E-state index contributed by atoms with van der Waals surface area (Å²) in [5.41, 5.74) is 0.230. The molecule has 0 spiro atoms. The lowest BCUT2D eigenvalue weighted by molar-refractivity contribution is -0.385. The van der Waals surface area contributed by atoms with E-state index in [-0.39, 0.29) is 17.5 Å². The summed E-state index contributed by atoms with van der Waals surface area (Å²) in [4.78, 5) is 24.3. The standard InChI is InChI=1S/C14H19N3O4/c1-10-4-3-7-16(9-10)14(18)15-11-5-6-13(21-2)12(8-11)17(19)20/h5-6,8,10H,3-4,7,9H2,1-2H3,(H,15,18)/t10-/m0/s1. The number of hydrogen-bond donors (Lipinski definition) is 1. The molecule has 1 aliphatic rings. The van der Waals surface area contributed by atoms with Crippen LogP contribution in [0.1, 0.15) is 19.8 Å². The maximum atomic E-state index is 12.2. The first-order chi connectivity index (χ1) is 10.0. The van der Waals surface area contributed by atoms with Crippen LogP contribution in [0.5, 0.6) is 5.75 Å². The van der Waals surface area contributed by atoms with Crippen molar-refractivity contribution in [2.45, 2.75) is 19.8 Å². The molecule has 0 unspecified atom stereocenters. The van der Waals surface area contributed by atoms with Crippen LogP contribution in [-0.4, -0.2) is 36.1 Å². The van der Waals surface area contributed by atoms with Gasteiger partial charge in [0.2, 0.25) is 0 Å². The second-order valence-corrected chi connectivity index (χ2v) is 5.27. The van der Waals surface area contributed by atoms with Gasteiger partial charge in [-0.2, -0.15) is 0 Å². The van der Waals surface area contributed by atoms with Gasteiger partial charge in [0.1, 0.15) is 0 Å². The summed E-state index contributed by atoms with van der Waals surface area (Å²) in [5.74, 6) is 0.652. The first-order valence-corrected chi connectivity index (χ1v) is 6.89. The summed E-state index contributed by atoms with van der Waals surface area (Å²) in [5, 5.41) is 13.7. The number of nitro groups is 1. The van der Waals surface area contributed by atoms with Crippen LogP contribution in [-0.2, 0) is 0 Å². The molecular formula is C14H19N3O4. The maximum Gasteiger partial charge on any atom is 0.321 e. The number of benzene rings is 1. The molecule has 114 valence electrons. The van der Waals surface area contributed by atoms with E-state index in [9.17, 15) is 14.9 Å². The molecule has 0 radical (unpaired) electrons. The molecule has 7 nitrogen and oxygen atoms in total. The number of carbonyl (C=O) groups excluding carboxylic acids is 1. The zero-order chi connectivity index (χ0) is 15.4. The monoisotopic (exact) mass is 293 g/mol. The number of urea groups is 1. The van der Waals surface area contributed by atoms with Crippen molar-refractivity contribution in [3.8, 4) is 5.75 Å². The molecule has 7 heteroatoms. The minimum absolute atomic E-state index is 0.165. The van der Waals surface area contributed by atoms with Crippen LogP contribution < -0.4 is 10.1 Å². The number of piperidine rings is 1. The number of ether oxygens (including phenoxy) is 1. The fourth-order valence-electron chi connectivity index (χ4n) is 2.49. The van der Waals surface area contributed by atoms with Gasteiger partial charge in [0.25, 0.3) is 0 Å². The van der Waals surface area contributed by atoms with Crippen LogP contribution in [0.4, 0.5) is 16.2 Å². The molecule has 1 aromatic carbocycles. The van der Waals surface area contributed by atoms with Crippen molar-refractivity contribution in [3.05, 3.63) is 28.3 Å². The SMILES string of the molecule is COc1ccc(NC(=O)N2CCC[C@H](C)C2)cc1[N+](=O)[O-]. The van der Waals surface area contributed by atoms with Crippen molar-refractivity contribution in [2.24, 2.45) is 5.92 Å². The zero-order valence-corrected chi connectivity index (χ0v) is 12.2. The van der Waals surface area contributed by atoms with Crippen molar-refractivity contribution in [2.75, 3.05) is 25.5 Å². The lowest BCUT2D eigenvalue weighted by Crippen LogP contribution is -2.41. The minimum Gasteiger partial charge on any atom is -0.490 e. The molecule has 0 saturated carbocycles. The maximum absolute atomic E-state index is 12.2. The van der Waals surface area contributed by atoms with Gasteiger partial charge in [0.15, 0.2) is 5.75 Å². The summed E-state index contributed by atoms with van der Waals surface area (Å²) in [6.07, 6.45) is 2.11. The molecule has 1 saturated heterocycles. The Morgan fingerprint density at radius 2 is 2.29 bits per heavy atom. The number of nitrogens with zero attached hydrogens (tertiary/aromatic N) is 2. The van der Waals surface area contributed by atoms with Gasteiger partial charge in [-0.25, -0.2) is 4.79 Å². The number of anilines is 1. The molecule has 2 amide bonds. The predicted octanol–water partition coefficient (Wildman–Crippen LogP) is 2.87. The van der Waals surface area contributed by atoms with Crippen LogP contribution in [0.2, 0.25) is 0 Å². The lowest BCUT2D eigenvalue weighted by atomic mass is 10.0. The number of likely N-dealkylation sites (tertiary alicyclic amines) is 1. The third-order valence-corrected chi connectivity index (χ3v) is 3.57. The van der Waals surface area contributed by atoms with Crippen LogP contribution in [0, 0.1) is 16.0 Å². The van der Waals surface area contributed by atoms with Gasteiger partial charge in [0.05, 0.1) is 12.0 Å². The van der Waals surface area contributed by atoms with Gasteiger partial charge in [-0.3, -0.25) is 10.1 Å². The number of nitrogens with one attached hydrogen (secondary N) is 1. The molecule has 0 bridgehead atoms. The van der Waals surface area contributed by atoms with E-state index in [0.717, 1.165) is 12.8 Å². The average Bonchev–Trinajstić information content (AvgIpc) is 2.47. The fraction of sp³-hybridized carbons (Fsp3) is 0.500. The van der Waals surface area contributed by atoms with E-state index in [1.807, 2.05) is 0 Å². The van der Waals surface area contributed by atoms with Crippen LogP contribution in [0.15, 0.2) is 18.2 Å². The van der Waals surface area contributed by atoms with Gasteiger partial charge >= 0.3 is 11.7 Å². The Balaban J connectivity index is 2.10. The normalized spacial score (nSPS) is 18.2. The molecule has 1 aliphatic heterocycles. The molecule has 1 aromatic rings. The molecular weight excluding hydrogens is 274 g/mol. The fourth-order valence-corrected chi connectivity index (χ4v) is 2.49. The summed E-state index contributed by atoms with van der Waals surface area (Å²) >= 11 is 0. The number of rotatable bonds is 3. The van der Waals surface area contributed by atoms with E-state index < -0.39 is 4.92 Å². The summed E-state index contributed by atoms with van der Waals surface area (Å²) in [6.45, 7) is 3.54. The van der Waals surface area contributed by atoms with E-state index in [1.54, 1.807) is 11.0 Å². The van der Waals surface area contributed by atoms with E-state index in [4.69, 9.17) is 4.74 Å². The number of carbonyl (C=O) groups is 1. The van der Waals surface area contributed by atoms with Crippen molar-refractivity contribution in [1.29, 1.82) is 0 Å². The number of nitro benzene ring substituents is 1. The van der Waals surface area contributed by atoms with Gasteiger partial charge in [-0.05, 0) is 30.9 Å². The largest absolute Gasteiger partial charge is 0.490 e. The average molecular weight is 293 g/mol. The van der Waals surface area contributed by atoms with Gasteiger partial charge in [-0.1, -0.05) is 6.92 Å². The van der Waals surface area contributed by atoms with Crippen molar-refractivity contribution in [1.82, 2.24) is 4.90 Å². The molecule has 21 heavy (non-hydrogen) atoms. The molecule has 1 N–H and O–H groups in total. The topological polar surface area (TPSA) is 84.7 Å². The summed E-state index contributed by atoms with van der Waals surface area (Å²) in [7, 11) is 1.37. The smallest absolute Gasteiger partial charge is 0.321 e. The predicted molar refractivity (Wildman–Crippen MR) is 78.6 cm³/mol. The second-order valence-electron chi connectivity index (χ2n) is 5.27. The second kappa shape index (κ2) is 6.43. The Hall–Kier alpha value is -2.31. The molecule has 1 heterocycles. The highest BCUT2D eigenvalue weighted by atomic mass is 16.6. The van der Waals surface area contributed by atoms with Crippen LogP contribution in [0.3, 0.4) is 0 Å². The number of methoxy groups -OCH3 is 1. The van der Waals surface area contributed by atoms with Crippen LogP contribution in [0.25, 0.3) is 0 Å². The van der Waals surface area contributed by atoms with Gasteiger partial charge in [0, 0.05) is 24.8 Å². The van der Waals surface area contributed by atoms with Crippen LogP contribution >= 0.6 is 0 Å². The highest BCUT2D eigenvalue weighted by Gasteiger charge is 2.22. The van der Waals surface area contributed by atoms with E-state index in [0.29, 0.717) is 24.7 Å². The Morgan fingerprint density at radius 3 is 2.90 bits per heavy atom. The summed E-state index contributed by atoms with van der Waals surface area (Å²) < 4.78 is 4.93. The molecule has 1 fully saturated rings. The molecule has 2 rings (SSSR count). The van der Waals surface area contributed by atoms with E-state index in [1.165, 1.54) is 19.2 Å². The minimum atomic E-state index is -0.530. The Bertz CT molecular complexity index is 547. The first-order valence-electron chi connectivity index (χ1n) is 6.89. The highest BCUT2D eigenvalue weighted by molar-refractivity contribution is 5.90. The van der Waals surface area contributed by atoms with E-state index in [2.05, 4.69) is 12.2 Å². The number of hydrogen-bond acceptors (Lipinski definition) is 4. The Kier molecular flexibility index (Phi) is 4.62. The van der Waals surface area contributed by atoms with Gasteiger partial charge in [-0.15, -0.1) is 0 Å². The highest BCUT2D eigenvalue weighted by Crippen LogP contribution is 2.29. The summed E-state index contributed by atoms with van der Waals surface area (Å²) in [6, 6.07) is 4.16. The zero-order valence-electron chi connectivity index (χ0n) is 12.2. The quantitative estimate of drug-likeness (QED) is 0.686. The van der Waals surface area contributed by atoms with Gasteiger partial charge < -0.3 is 15.0 Å². The van der Waals surface area contributed by atoms with E-state index >= 15 is 0 Å². The Labute approximate surface area is 123 Å². The van der Waals surface area contributed by atoms with Crippen molar-refractivity contribution >= 4 is 17.4 Å². The van der Waals surface area contributed by atoms with Crippen molar-refractivity contribution < 1.29 is 14.5 Å². The molecule has 0 aromatic heterocycles. The molecule has 1 atom stereocenters. The first kappa shape index (κ1) is 15.1. The Morgan fingerprint density at radius 1 is 1.52 bits per heavy atom. The third kappa shape index (κ3) is 3.62.